The van der Waals surface area contributed by atoms with Crippen LogP contribution in [0, 0.1) is 0 Å². The van der Waals surface area contributed by atoms with Gasteiger partial charge in [0.05, 0.1) is 0 Å². The van der Waals surface area contributed by atoms with Gasteiger partial charge in [-0.1, -0.05) is 24.3 Å². The average molecular weight is 215 g/mol. The molecule has 3 nitrogen and oxygen atoms in total. The number of fused-ring (bicyclic) bond motifs is 2. The van der Waals surface area contributed by atoms with E-state index in [0.717, 1.165) is 6.42 Å². The molecule has 0 fully saturated rings. The number of carboxylic acid groups (broad SMARTS) is 1. The molecular formula is C13H13NO2. The highest BCUT2D eigenvalue weighted by molar-refractivity contribution is 5.83. The summed E-state index contributed by atoms with van der Waals surface area (Å²) in [6.07, 6.45) is 1.59. The van der Waals surface area contributed by atoms with Gasteiger partial charge in [-0.05, 0) is 35.1 Å². The smallest absolute Gasteiger partial charge is 0.321 e. The lowest BCUT2D eigenvalue weighted by atomic mass is 9.95. The first-order chi connectivity index (χ1) is 7.75. The van der Waals surface area contributed by atoms with Crippen LogP contribution >= 0.6 is 0 Å². The monoisotopic (exact) mass is 215 g/mol. The predicted molar refractivity (Wildman–Crippen MR) is 61.1 cm³/mol. The van der Waals surface area contributed by atoms with Gasteiger partial charge >= 0.3 is 5.97 Å². The predicted octanol–water partition coefficient (Wildman–Crippen LogP) is 1.44. The van der Waals surface area contributed by atoms with Gasteiger partial charge in [-0.25, -0.2) is 0 Å². The third-order valence-corrected chi connectivity index (χ3v) is 3.44. The maximum atomic E-state index is 11.0. The lowest BCUT2D eigenvalue weighted by Gasteiger charge is -2.22. The van der Waals surface area contributed by atoms with Crippen molar-refractivity contribution in [1.29, 1.82) is 0 Å². The van der Waals surface area contributed by atoms with E-state index in [4.69, 9.17) is 5.11 Å². The third kappa shape index (κ3) is 1.36. The zero-order valence-electron chi connectivity index (χ0n) is 8.86. The number of rotatable bonds is 1. The molecule has 1 aliphatic heterocycles. The molecule has 3 heteroatoms. The summed E-state index contributed by atoms with van der Waals surface area (Å²) in [5.41, 5.74) is 5.20. The van der Waals surface area contributed by atoms with Crippen molar-refractivity contribution >= 4 is 11.5 Å². The first-order valence-electron chi connectivity index (χ1n) is 5.51. The lowest BCUT2D eigenvalue weighted by Crippen LogP contribution is -2.40. The Morgan fingerprint density at radius 2 is 2.19 bits per heavy atom. The minimum absolute atomic E-state index is 0.426. The second-order valence-electron chi connectivity index (χ2n) is 4.39. The maximum Gasteiger partial charge on any atom is 0.321 e. The summed E-state index contributed by atoms with van der Waals surface area (Å²) in [6, 6.07) is 7.86. The first-order valence-corrected chi connectivity index (χ1v) is 5.51. The van der Waals surface area contributed by atoms with E-state index in [1.165, 1.54) is 22.3 Å². The molecule has 1 aliphatic carbocycles. The normalized spacial score (nSPS) is 22.9. The summed E-state index contributed by atoms with van der Waals surface area (Å²) < 4.78 is 0. The van der Waals surface area contributed by atoms with Crippen molar-refractivity contribution in [2.75, 3.05) is 6.54 Å². The molecule has 0 saturated heterocycles. The van der Waals surface area contributed by atoms with E-state index in [1.54, 1.807) is 0 Å². The van der Waals surface area contributed by atoms with Crippen molar-refractivity contribution in [1.82, 2.24) is 5.32 Å². The van der Waals surface area contributed by atoms with Crippen LogP contribution in [0.4, 0.5) is 0 Å². The van der Waals surface area contributed by atoms with Gasteiger partial charge < -0.3 is 10.4 Å². The van der Waals surface area contributed by atoms with Gasteiger partial charge in [0, 0.05) is 6.54 Å². The zero-order valence-corrected chi connectivity index (χ0v) is 8.86. The molecule has 1 unspecified atom stereocenters. The number of nitrogens with one attached hydrogen (secondary N) is 1. The fourth-order valence-corrected chi connectivity index (χ4v) is 2.62. The molecule has 1 aromatic rings. The highest BCUT2D eigenvalue weighted by Crippen LogP contribution is 2.37. The maximum absolute atomic E-state index is 11.0. The fraction of sp³-hybridized carbons (Fsp3) is 0.308. The van der Waals surface area contributed by atoms with Crippen molar-refractivity contribution in [3.05, 3.63) is 41.0 Å². The molecular weight excluding hydrogens is 202 g/mol. The molecule has 1 heterocycles. The minimum atomic E-state index is -0.754. The summed E-state index contributed by atoms with van der Waals surface area (Å²) in [5.74, 6) is -0.754. The van der Waals surface area contributed by atoms with Gasteiger partial charge in [-0.2, -0.15) is 0 Å². The van der Waals surface area contributed by atoms with Crippen molar-refractivity contribution in [2.24, 2.45) is 0 Å². The van der Waals surface area contributed by atoms with E-state index in [-0.39, 0.29) is 0 Å². The number of hydrogen-bond donors (Lipinski definition) is 2. The van der Waals surface area contributed by atoms with E-state index in [9.17, 15) is 4.79 Å². The lowest BCUT2D eigenvalue weighted by molar-refractivity contribution is -0.139. The molecule has 0 radical (unpaired) electrons. The van der Waals surface area contributed by atoms with Gasteiger partial charge in [-0.3, -0.25) is 4.79 Å². The van der Waals surface area contributed by atoms with Crippen LogP contribution in [0.25, 0.3) is 5.57 Å². The molecule has 0 saturated carbocycles. The van der Waals surface area contributed by atoms with Gasteiger partial charge in [0.1, 0.15) is 6.04 Å². The number of aliphatic carboxylic acids is 1. The van der Waals surface area contributed by atoms with Crippen molar-refractivity contribution < 1.29 is 9.90 Å². The molecule has 2 aliphatic rings. The Hall–Kier alpha value is -1.61. The summed E-state index contributed by atoms with van der Waals surface area (Å²) in [6.45, 7) is 0.709. The molecule has 0 spiro atoms. The number of carbonyl (C=O) groups is 1. The number of benzene rings is 1. The summed E-state index contributed by atoms with van der Waals surface area (Å²) in [5, 5.41) is 12.1. The molecule has 0 aromatic heterocycles. The molecule has 0 amide bonds. The van der Waals surface area contributed by atoms with Crippen molar-refractivity contribution in [2.45, 2.75) is 18.9 Å². The highest BCUT2D eigenvalue weighted by Gasteiger charge is 2.30. The Morgan fingerprint density at radius 3 is 3.00 bits per heavy atom. The Kier molecular flexibility index (Phi) is 2.07. The van der Waals surface area contributed by atoms with E-state index in [2.05, 4.69) is 17.4 Å². The number of carboxylic acids is 1. The summed E-state index contributed by atoms with van der Waals surface area (Å²) >= 11 is 0. The van der Waals surface area contributed by atoms with Crippen molar-refractivity contribution in [3.63, 3.8) is 0 Å². The molecule has 16 heavy (non-hydrogen) atoms. The van der Waals surface area contributed by atoms with Crippen LogP contribution in [0.15, 0.2) is 29.8 Å². The molecule has 1 aromatic carbocycles. The van der Waals surface area contributed by atoms with E-state index < -0.39 is 12.0 Å². The Balaban J connectivity index is 1.97. The van der Waals surface area contributed by atoms with Crippen molar-refractivity contribution in [3.8, 4) is 0 Å². The Bertz CT molecular complexity index is 490. The average Bonchev–Trinajstić information content (AvgIpc) is 2.66. The van der Waals surface area contributed by atoms with Crippen LogP contribution in [0.5, 0.6) is 0 Å². The van der Waals surface area contributed by atoms with Crippen LogP contribution in [0.2, 0.25) is 0 Å². The standard InChI is InChI=1S/C13H13NO2/c15-13(16)12-6-11-9(7-14-12)5-8-3-1-2-4-10(8)11/h1-4,12,14H,5-7H2,(H,15,16). The molecule has 0 bridgehead atoms. The third-order valence-electron chi connectivity index (χ3n) is 3.44. The van der Waals surface area contributed by atoms with Gasteiger partial charge in [0.25, 0.3) is 0 Å². The Morgan fingerprint density at radius 1 is 1.38 bits per heavy atom. The van der Waals surface area contributed by atoms with Crippen LogP contribution < -0.4 is 5.32 Å². The second kappa shape index (κ2) is 3.46. The van der Waals surface area contributed by atoms with Gasteiger partial charge in [0.2, 0.25) is 0 Å². The topological polar surface area (TPSA) is 49.3 Å². The van der Waals surface area contributed by atoms with Crippen LogP contribution in [-0.4, -0.2) is 23.7 Å². The second-order valence-corrected chi connectivity index (χ2v) is 4.39. The largest absolute Gasteiger partial charge is 0.480 e. The molecule has 2 N–H and O–H groups in total. The molecule has 3 rings (SSSR count). The summed E-state index contributed by atoms with van der Waals surface area (Å²) in [4.78, 5) is 11.0. The van der Waals surface area contributed by atoms with Gasteiger partial charge in [-0.15, -0.1) is 0 Å². The highest BCUT2D eigenvalue weighted by atomic mass is 16.4. The quantitative estimate of drug-likeness (QED) is 0.745. The van der Waals surface area contributed by atoms with Crippen LogP contribution in [0.3, 0.4) is 0 Å². The van der Waals surface area contributed by atoms with Gasteiger partial charge in [0.15, 0.2) is 0 Å². The van der Waals surface area contributed by atoms with E-state index in [1.807, 2.05) is 12.1 Å². The van der Waals surface area contributed by atoms with Crippen LogP contribution in [-0.2, 0) is 11.2 Å². The van der Waals surface area contributed by atoms with Crippen LogP contribution in [0.1, 0.15) is 17.5 Å². The van der Waals surface area contributed by atoms with E-state index in [0.29, 0.717) is 13.0 Å². The minimum Gasteiger partial charge on any atom is -0.480 e. The Labute approximate surface area is 93.8 Å². The molecule has 1 atom stereocenters. The number of hydrogen-bond acceptors (Lipinski definition) is 2. The molecule has 82 valence electrons. The SMILES string of the molecule is O=C(O)C1CC2=C(CN1)Cc1ccccc12. The van der Waals surface area contributed by atoms with E-state index >= 15 is 0 Å². The fourth-order valence-electron chi connectivity index (χ4n) is 2.62. The summed E-state index contributed by atoms with van der Waals surface area (Å²) in [7, 11) is 0. The zero-order chi connectivity index (χ0) is 11.1. The first kappa shape index (κ1) is 9.60.